The van der Waals surface area contributed by atoms with Gasteiger partial charge in [0, 0.05) is 0 Å². The summed E-state index contributed by atoms with van der Waals surface area (Å²) in [5.74, 6) is -0.220. The Labute approximate surface area is 66.9 Å². The molecule has 0 radical (unpaired) electrons. The molecule has 1 aliphatic carbocycles. The summed E-state index contributed by atoms with van der Waals surface area (Å²) in [5.41, 5.74) is 1.17. The van der Waals surface area contributed by atoms with E-state index in [1.807, 2.05) is 0 Å². The maximum absolute atomic E-state index is 10.3. The first-order valence-electron chi connectivity index (χ1n) is 3.71. The number of hydrogen-bond donors (Lipinski definition) is 1. The first-order valence-corrected chi connectivity index (χ1v) is 5.32. The number of allylic oxidation sites excluding steroid dienone is 1. The lowest BCUT2D eigenvalue weighted by atomic mass is 10.2. The van der Waals surface area contributed by atoms with E-state index in [1.54, 1.807) is 6.08 Å². The van der Waals surface area contributed by atoms with Crippen LogP contribution in [0.3, 0.4) is 0 Å². The van der Waals surface area contributed by atoms with E-state index in [0.717, 1.165) is 25.7 Å². The van der Waals surface area contributed by atoms with E-state index in [4.69, 9.17) is 4.55 Å². The van der Waals surface area contributed by atoms with Crippen molar-refractivity contribution in [2.24, 2.45) is 0 Å². The maximum atomic E-state index is 10.3. The average Bonchev–Trinajstić information content (AvgIpc) is 2.32. The van der Waals surface area contributed by atoms with E-state index in [-0.39, 0.29) is 5.75 Å². The van der Waals surface area contributed by atoms with Crippen LogP contribution in [-0.4, -0.2) is 18.7 Å². The second-order valence-electron chi connectivity index (χ2n) is 2.82. The first-order chi connectivity index (χ1) is 5.08. The van der Waals surface area contributed by atoms with Crippen molar-refractivity contribution in [3.8, 4) is 0 Å². The molecule has 0 aromatic heterocycles. The highest BCUT2D eigenvalue weighted by atomic mass is 32.2. The second kappa shape index (κ2) is 3.36. The predicted molar refractivity (Wildman–Crippen MR) is 43.0 cm³/mol. The molecule has 0 saturated heterocycles. The zero-order valence-electron chi connectivity index (χ0n) is 6.28. The molecule has 0 atom stereocenters. The van der Waals surface area contributed by atoms with Gasteiger partial charge in [-0.05, 0) is 25.7 Å². The maximum Gasteiger partial charge on any atom is 0.268 e. The highest BCUT2D eigenvalue weighted by molar-refractivity contribution is 7.85. The van der Waals surface area contributed by atoms with Gasteiger partial charge in [-0.15, -0.1) is 0 Å². The Balaban J connectivity index is 2.47. The standard InChI is InChI=1S/C7H12O3S/c8-11(9,10)6-5-7-3-1-2-4-7/h5H,1-4,6H2,(H,8,9,10). The molecule has 1 rings (SSSR count). The summed E-state index contributed by atoms with van der Waals surface area (Å²) in [6.07, 6.45) is 5.92. The van der Waals surface area contributed by atoms with Crippen molar-refractivity contribution < 1.29 is 13.0 Å². The highest BCUT2D eigenvalue weighted by Gasteiger charge is 2.08. The molecule has 4 heteroatoms. The van der Waals surface area contributed by atoms with Crippen LogP contribution in [0.25, 0.3) is 0 Å². The van der Waals surface area contributed by atoms with Crippen LogP contribution in [0.15, 0.2) is 11.6 Å². The van der Waals surface area contributed by atoms with Crippen molar-refractivity contribution in [1.82, 2.24) is 0 Å². The molecular formula is C7H12O3S. The molecule has 1 N–H and O–H groups in total. The fourth-order valence-electron chi connectivity index (χ4n) is 1.26. The Hall–Kier alpha value is -0.350. The third kappa shape index (κ3) is 3.53. The van der Waals surface area contributed by atoms with Gasteiger partial charge in [0.15, 0.2) is 0 Å². The lowest BCUT2D eigenvalue weighted by molar-refractivity contribution is 0.486. The van der Waals surface area contributed by atoms with Crippen LogP contribution in [-0.2, 0) is 10.1 Å². The molecular weight excluding hydrogens is 164 g/mol. The molecule has 1 fully saturated rings. The molecule has 11 heavy (non-hydrogen) atoms. The smallest absolute Gasteiger partial charge is 0.268 e. The van der Waals surface area contributed by atoms with Crippen LogP contribution in [0.4, 0.5) is 0 Å². The lowest BCUT2D eigenvalue weighted by Gasteiger charge is -1.93. The number of hydrogen-bond acceptors (Lipinski definition) is 2. The van der Waals surface area contributed by atoms with Gasteiger partial charge in [-0.25, -0.2) is 0 Å². The van der Waals surface area contributed by atoms with E-state index in [0.29, 0.717) is 0 Å². The third-order valence-corrected chi connectivity index (χ3v) is 2.42. The Morgan fingerprint density at radius 1 is 1.36 bits per heavy atom. The molecule has 0 amide bonds. The number of rotatable bonds is 2. The van der Waals surface area contributed by atoms with E-state index in [2.05, 4.69) is 0 Å². The van der Waals surface area contributed by atoms with Crippen molar-refractivity contribution in [1.29, 1.82) is 0 Å². The fraction of sp³-hybridized carbons (Fsp3) is 0.714. The third-order valence-electron chi connectivity index (χ3n) is 1.83. The topological polar surface area (TPSA) is 54.4 Å². The summed E-state index contributed by atoms with van der Waals surface area (Å²) in [6, 6.07) is 0. The Morgan fingerprint density at radius 2 is 1.91 bits per heavy atom. The van der Waals surface area contributed by atoms with Crippen molar-refractivity contribution in [3.63, 3.8) is 0 Å². The van der Waals surface area contributed by atoms with E-state index < -0.39 is 10.1 Å². The highest BCUT2D eigenvalue weighted by Crippen LogP contribution is 2.23. The minimum absolute atomic E-state index is 0.220. The Bertz CT molecular complexity index is 243. The molecule has 64 valence electrons. The summed E-state index contributed by atoms with van der Waals surface area (Å²) in [6.45, 7) is 0. The van der Waals surface area contributed by atoms with Crippen LogP contribution in [0, 0.1) is 0 Å². The lowest BCUT2D eigenvalue weighted by Crippen LogP contribution is -2.01. The fourth-order valence-corrected chi connectivity index (χ4v) is 1.70. The van der Waals surface area contributed by atoms with Crippen molar-refractivity contribution in [2.75, 3.05) is 5.75 Å². The molecule has 0 heterocycles. The van der Waals surface area contributed by atoms with Gasteiger partial charge in [0.05, 0.1) is 5.75 Å². The van der Waals surface area contributed by atoms with Gasteiger partial charge in [0.1, 0.15) is 0 Å². The largest absolute Gasteiger partial charge is 0.285 e. The second-order valence-corrected chi connectivity index (χ2v) is 4.32. The first kappa shape index (κ1) is 8.74. The van der Waals surface area contributed by atoms with Crippen LogP contribution in [0.1, 0.15) is 25.7 Å². The average molecular weight is 176 g/mol. The van der Waals surface area contributed by atoms with Gasteiger partial charge < -0.3 is 0 Å². The van der Waals surface area contributed by atoms with Gasteiger partial charge in [-0.3, -0.25) is 4.55 Å². The van der Waals surface area contributed by atoms with Gasteiger partial charge in [-0.2, -0.15) is 8.42 Å². The summed E-state index contributed by atoms with van der Waals surface area (Å²) in [4.78, 5) is 0. The van der Waals surface area contributed by atoms with Gasteiger partial charge in [0.25, 0.3) is 10.1 Å². The van der Waals surface area contributed by atoms with Crippen LogP contribution < -0.4 is 0 Å². The molecule has 1 saturated carbocycles. The molecule has 0 bridgehead atoms. The normalized spacial score (nSPS) is 18.8. The summed E-state index contributed by atoms with van der Waals surface area (Å²) < 4.78 is 29.0. The van der Waals surface area contributed by atoms with Gasteiger partial charge >= 0.3 is 0 Å². The summed E-state index contributed by atoms with van der Waals surface area (Å²) >= 11 is 0. The molecule has 0 aromatic carbocycles. The molecule has 0 unspecified atom stereocenters. The molecule has 3 nitrogen and oxygen atoms in total. The minimum atomic E-state index is -3.79. The van der Waals surface area contributed by atoms with Gasteiger partial charge in [0.2, 0.25) is 0 Å². The van der Waals surface area contributed by atoms with E-state index in [1.165, 1.54) is 5.57 Å². The van der Waals surface area contributed by atoms with Crippen LogP contribution >= 0.6 is 0 Å². The molecule has 0 aromatic rings. The zero-order valence-corrected chi connectivity index (χ0v) is 7.10. The van der Waals surface area contributed by atoms with Gasteiger partial charge in [-0.1, -0.05) is 11.6 Å². The van der Waals surface area contributed by atoms with Crippen molar-refractivity contribution >= 4 is 10.1 Å². The van der Waals surface area contributed by atoms with E-state index >= 15 is 0 Å². The molecule has 0 aliphatic heterocycles. The zero-order chi connectivity index (χ0) is 8.32. The van der Waals surface area contributed by atoms with E-state index in [9.17, 15) is 8.42 Å². The Morgan fingerprint density at radius 3 is 2.36 bits per heavy atom. The Kier molecular flexibility index (Phi) is 2.67. The summed E-state index contributed by atoms with van der Waals surface area (Å²) in [7, 11) is -3.79. The predicted octanol–water partition coefficient (Wildman–Crippen LogP) is 1.37. The molecule has 0 spiro atoms. The van der Waals surface area contributed by atoms with Crippen molar-refractivity contribution in [2.45, 2.75) is 25.7 Å². The van der Waals surface area contributed by atoms with Crippen LogP contribution in [0.2, 0.25) is 0 Å². The van der Waals surface area contributed by atoms with Crippen LogP contribution in [0.5, 0.6) is 0 Å². The summed E-state index contributed by atoms with van der Waals surface area (Å²) in [5, 5.41) is 0. The molecule has 1 aliphatic rings. The monoisotopic (exact) mass is 176 g/mol. The quantitative estimate of drug-likeness (QED) is 0.510. The van der Waals surface area contributed by atoms with Crippen molar-refractivity contribution in [3.05, 3.63) is 11.6 Å². The SMILES string of the molecule is O=S(=O)(O)CC=C1CCCC1. The minimum Gasteiger partial charge on any atom is -0.285 e.